The molecule has 2 aromatic rings. The highest BCUT2D eigenvalue weighted by molar-refractivity contribution is 9.10. The fourth-order valence-electron chi connectivity index (χ4n) is 1.93. The highest BCUT2D eigenvalue weighted by atomic mass is 79.9. The van der Waals surface area contributed by atoms with Crippen LogP contribution in [0.5, 0.6) is 0 Å². The number of rotatable bonds is 5. The van der Waals surface area contributed by atoms with Gasteiger partial charge >= 0.3 is 0 Å². The van der Waals surface area contributed by atoms with Crippen molar-refractivity contribution in [2.45, 2.75) is 19.9 Å². The number of halogens is 1. The van der Waals surface area contributed by atoms with Crippen LogP contribution in [0.4, 0.5) is 0 Å². The zero-order chi connectivity index (χ0) is 15.9. The first kappa shape index (κ1) is 16.2. The van der Waals surface area contributed by atoms with Crippen molar-refractivity contribution in [1.29, 1.82) is 0 Å². The molecule has 0 aliphatic carbocycles. The van der Waals surface area contributed by atoms with E-state index in [0.717, 1.165) is 15.7 Å². The molecular formula is C16H16BrN3O2. The van der Waals surface area contributed by atoms with Gasteiger partial charge in [-0.15, -0.1) is 0 Å². The molecule has 1 aromatic carbocycles. The van der Waals surface area contributed by atoms with E-state index in [2.05, 4.69) is 26.5 Å². The predicted molar refractivity (Wildman–Crippen MR) is 89.8 cm³/mol. The minimum absolute atomic E-state index is 0.0569. The lowest BCUT2D eigenvalue weighted by Gasteiger charge is -2.07. The summed E-state index contributed by atoms with van der Waals surface area (Å²) in [6, 6.07) is 12.5. The normalized spacial score (nSPS) is 11.3. The van der Waals surface area contributed by atoms with Crippen LogP contribution in [0.2, 0.25) is 0 Å². The number of nitrogens with zero attached hydrogens (tertiary/aromatic N) is 2. The maximum atomic E-state index is 11.9. The number of hydrogen-bond donors (Lipinski definition) is 1. The number of hydrazone groups is 1. The Bertz CT molecular complexity index is 753. The summed E-state index contributed by atoms with van der Waals surface area (Å²) in [6.07, 6.45) is 2.25. The van der Waals surface area contributed by atoms with Crippen molar-refractivity contribution in [2.75, 3.05) is 0 Å². The first-order chi connectivity index (χ1) is 10.6. The molecule has 0 fully saturated rings. The average Bonchev–Trinajstić information content (AvgIpc) is 2.50. The third kappa shape index (κ3) is 4.39. The van der Waals surface area contributed by atoms with Gasteiger partial charge in [0.1, 0.15) is 6.54 Å². The van der Waals surface area contributed by atoms with Crippen LogP contribution in [0.1, 0.15) is 18.9 Å². The molecule has 1 aromatic heterocycles. The highest BCUT2D eigenvalue weighted by Gasteiger charge is 2.05. The summed E-state index contributed by atoms with van der Waals surface area (Å²) < 4.78 is 2.28. The van der Waals surface area contributed by atoms with E-state index >= 15 is 0 Å². The van der Waals surface area contributed by atoms with E-state index in [-0.39, 0.29) is 18.0 Å². The molecule has 0 atom stereocenters. The predicted octanol–water partition coefficient (Wildman–Crippen LogP) is 2.54. The monoisotopic (exact) mass is 361 g/mol. The summed E-state index contributed by atoms with van der Waals surface area (Å²) in [4.78, 5) is 23.4. The van der Waals surface area contributed by atoms with Gasteiger partial charge in [-0.3, -0.25) is 9.59 Å². The van der Waals surface area contributed by atoms with Gasteiger partial charge in [0.2, 0.25) is 0 Å². The van der Waals surface area contributed by atoms with E-state index in [1.807, 2.05) is 31.2 Å². The summed E-state index contributed by atoms with van der Waals surface area (Å²) in [5.74, 6) is -0.339. The molecule has 0 saturated heterocycles. The number of aromatic nitrogens is 1. The van der Waals surface area contributed by atoms with Crippen molar-refractivity contribution >= 4 is 27.5 Å². The largest absolute Gasteiger partial charge is 0.306 e. The van der Waals surface area contributed by atoms with E-state index in [1.165, 1.54) is 10.6 Å². The summed E-state index contributed by atoms with van der Waals surface area (Å²) >= 11 is 3.41. The molecule has 0 aliphatic heterocycles. The third-order valence-corrected chi connectivity index (χ3v) is 3.51. The van der Waals surface area contributed by atoms with Crippen molar-refractivity contribution in [3.05, 3.63) is 69.1 Å². The van der Waals surface area contributed by atoms with Gasteiger partial charge in [-0.1, -0.05) is 41.1 Å². The Morgan fingerprint density at radius 2 is 2.09 bits per heavy atom. The Balaban J connectivity index is 2.07. The van der Waals surface area contributed by atoms with Crippen LogP contribution in [-0.4, -0.2) is 16.2 Å². The van der Waals surface area contributed by atoms with Gasteiger partial charge in [-0.05, 0) is 30.2 Å². The number of nitrogens with one attached hydrogen (secondary N) is 1. The second kappa shape index (κ2) is 7.70. The molecule has 1 N–H and O–H groups in total. The SMILES string of the molecule is CC/C(=N/NC(=O)Cn1ccccc1=O)c1cccc(Br)c1. The lowest BCUT2D eigenvalue weighted by atomic mass is 10.1. The average molecular weight is 362 g/mol. The van der Waals surface area contributed by atoms with Crippen LogP contribution in [0.15, 0.2) is 63.0 Å². The molecule has 0 unspecified atom stereocenters. The first-order valence-corrected chi connectivity index (χ1v) is 7.66. The Morgan fingerprint density at radius 1 is 1.27 bits per heavy atom. The van der Waals surface area contributed by atoms with Crippen LogP contribution in [0, 0.1) is 0 Å². The molecule has 22 heavy (non-hydrogen) atoms. The molecule has 1 heterocycles. The summed E-state index contributed by atoms with van der Waals surface area (Å²) in [5.41, 5.74) is 4.00. The third-order valence-electron chi connectivity index (χ3n) is 3.02. The van der Waals surface area contributed by atoms with Gasteiger partial charge in [-0.2, -0.15) is 5.10 Å². The van der Waals surface area contributed by atoms with Crippen LogP contribution in [0.3, 0.4) is 0 Å². The first-order valence-electron chi connectivity index (χ1n) is 6.87. The number of pyridine rings is 1. The van der Waals surface area contributed by atoms with Crippen LogP contribution in [-0.2, 0) is 11.3 Å². The van der Waals surface area contributed by atoms with Gasteiger partial charge in [-0.25, -0.2) is 5.43 Å². The van der Waals surface area contributed by atoms with Crippen molar-refractivity contribution < 1.29 is 4.79 Å². The van der Waals surface area contributed by atoms with Crippen molar-refractivity contribution in [3.63, 3.8) is 0 Å². The molecule has 2 rings (SSSR count). The van der Waals surface area contributed by atoms with Crippen LogP contribution in [0.25, 0.3) is 0 Å². The fraction of sp³-hybridized carbons (Fsp3) is 0.188. The maximum absolute atomic E-state index is 11.9. The molecule has 114 valence electrons. The smallest absolute Gasteiger partial charge is 0.260 e. The van der Waals surface area contributed by atoms with Crippen LogP contribution < -0.4 is 11.0 Å². The second-order valence-electron chi connectivity index (χ2n) is 4.62. The summed E-state index contributed by atoms with van der Waals surface area (Å²) in [7, 11) is 0. The van der Waals surface area contributed by atoms with E-state index in [4.69, 9.17) is 0 Å². The minimum atomic E-state index is -0.339. The van der Waals surface area contributed by atoms with Gasteiger partial charge in [0.25, 0.3) is 11.5 Å². The summed E-state index contributed by atoms with van der Waals surface area (Å²) in [6.45, 7) is 1.91. The van der Waals surface area contributed by atoms with E-state index < -0.39 is 0 Å². The Kier molecular flexibility index (Phi) is 5.66. The molecule has 6 heteroatoms. The van der Waals surface area contributed by atoms with E-state index in [1.54, 1.807) is 18.3 Å². The number of amides is 1. The number of carbonyl (C=O) groups excluding carboxylic acids is 1. The number of carbonyl (C=O) groups is 1. The van der Waals surface area contributed by atoms with E-state index in [9.17, 15) is 9.59 Å². The van der Waals surface area contributed by atoms with Gasteiger partial charge in [0, 0.05) is 16.7 Å². The van der Waals surface area contributed by atoms with Gasteiger partial charge in [0.15, 0.2) is 0 Å². The zero-order valence-corrected chi connectivity index (χ0v) is 13.7. The summed E-state index contributed by atoms with van der Waals surface area (Å²) in [5, 5.41) is 4.16. The molecule has 0 radical (unpaired) electrons. The Labute approximate surface area is 136 Å². The zero-order valence-electron chi connectivity index (χ0n) is 12.1. The van der Waals surface area contributed by atoms with Crippen LogP contribution >= 0.6 is 15.9 Å². The number of hydrogen-bond acceptors (Lipinski definition) is 3. The van der Waals surface area contributed by atoms with E-state index in [0.29, 0.717) is 6.42 Å². The molecule has 5 nitrogen and oxygen atoms in total. The van der Waals surface area contributed by atoms with Crippen molar-refractivity contribution in [2.24, 2.45) is 5.10 Å². The van der Waals surface area contributed by atoms with Gasteiger partial charge < -0.3 is 4.57 Å². The highest BCUT2D eigenvalue weighted by Crippen LogP contribution is 2.13. The molecule has 0 spiro atoms. The standard InChI is InChI=1S/C16H16BrN3O2/c1-2-14(12-6-5-7-13(17)10-12)18-19-15(21)11-20-9-4-3-8-16(20)22/h3-10H,2,11H2,1H3,(H,19,21)/b18-14-. The fourth-order valence-corrected chi connectivity index (χ4v) is 2.33. The lowest BCUT2D eigenvalue weighted by Crippen LogP contribution is -2.29. The molecule has 0 saturated carbocycles. The van der Waals surface area contributed by atoms with Crippen molar-refractivity contribution in [1.82, 2.24) is 9.99 Å². The minimum Gasteiger partial charge on any atom is -0.306 e. The Hall–Kier alpha value is -2.21. The maximum Gasteiger partial charge on any atom is 0.260 e. The topological polar surface area (TPSA) is 63.5 Å². The Morgan fingerprint density at radius 3 is 2.77 bits per heavy atom. The molecular weight excluding hydrogens is 346 g/mol. The van der Waals surface area contributed by atoms with Crippen molar-refractivity contribution in [3.8, 4) is 0 Å². The molecule has 0 aliphatic rings. The lowest BCUT2D eigenvalue weighted by molar-refractivity contribution is -0.121. The quantitative estimate of drug-likeness (QED) is 0.656. The molecule has 0 bridgehead atoms. The molecule has 1 amide bonds. The number of benzene rings is 1. The second-order valence-corrected chi connectivity index (χ2v) is 5.54. The van der Waals surface area contributed by atoms with Gasteiger partial charge in [0.05, 0.1) is 5.71 Å².